The number of halogens is 2. The van der Waals surface area contributed by atoms with E-state index in [9.17, 15) is 4.39 Å². The normalized spacial score (nSPS) is 16.2. The molecule has 1 saturated heterocycles. The van der Waals surface area contributed by atoms with Crippen molar-refractivity contribution < 1.29 is 4.39 Å². The van der Waals surface area contributed by atoms with E-state index in [0.717, 1.165) is 43.1 Å². The van der Waals surface area contributed by atoms with Crippen molar-refractivity contribution in [3.8, 4) is 11.3 Å². The second-order valence-electron chi connectivity index (χ2n) is 5.32. The standard InChI is InChI=1S/C16H17ClFN3/c1-20-6-8-21(9-7-20)13-4-5-19-16(11-13)12-2-3-15(18)14(17)10-12/h2-5,10-11H,6-9H2,1H3. The van der Waals surface area contributed by atoms with Crippen LogP contribution in [0.15, 0.2) is 36.5 Å². The van der Waals surface area contributed by atoms with Gasteiger partial charge in [0.1, 0.15) is 5.82 Å². The Kier molecular flexibility index (Phi) is 4.08. The third-order valence-electron chi connectivity index (χ3n) is 3.83. The van der Waals surface area contributed by atoms with Gasteiger partial charge in [-0.25, -0.2) is 4.39 Å². The van der Waals surface area contributed by atoms with Gasteiger partial charge in [-0.3, -0.25) is 4.98 Å². The fourth-order valence-electron chi connectivity index (χ4n) is 2.49. The molecular weight excluding hydrogens is 289 g/mol. The van der Waals surface area contributed by atoms with Crippen LogP contribution in [-0.4, -0.2) is 43.1 Å². The second kappa shape index (κ2) is 6.00. The first-order valence-corrected chi connectivity index (χ1v) is 7.36. The molecule has 1 aliphatic rings. The van der Waals surface area contributed by atoms with E-state index >= 15 is 0 Å². The number of aromatic nitrogens is 1. The van der Waals surface area contributed by atoms with Crippen LogP contribution in [0, 0.1) is 5.82 Å². The van der Waals surface area contributed by atoms with Crippen LogP contribution >= 0.6 is 11.6 Å². The topological polar surface area (TPSA) is 19.4 Å². The zero-order valence-corrected chi connectivity index (χ0v) is 12.6. The Morgan fingerprint density at radius 1 is 1.10 bits per heavy atom. The van der Waals surface area contributed by atoms with Gasteiger partial charge in [0.25, 0.3) is 0 Å². The number of pyridine rings is 1. The van der Waals surface area contributed by atoms with Crippen LogP contribution in [0.25, 0.3) is 11.3 Å². The summed E-state index contributed by atoms with van der Waals surface area (Å²) in [6.07, 6.45) is 1.79. The number of benzene rings is 1. The van der Waals surface area contributed by atoms with Crippen LogP contribution in [0.4, 0.5) is 10.1 Å². The molecular formula is C16H17ClFN3. The van der Waals surface area contributed by atoms with E-state index in [1.165, 1.54) is 6.07 Å². The fourth-order valence-corrected chi connectivity index (χ4v) is 2.67. The van der Waals surface area contributed by atoms with Gasteiger partial charge in [0.15, 0.2) is 0 Å². The minimum absolute atomic E-state index is 0.124. The highest BCUT2D eigenvalue weighted by atomic mass is 35.5. The zero-order valence-electron chi connectivity index (χ0n) is 11.9. The molecule has 2 heterocycles. The van der Waals surface area contributed by atoms with Crippen molar-refractivity contribution in [1.29, 1.82) is 0 Å². The van der Waals surface area contributed by atoms with Gasteiger partial charge < -0.3 is 9.80 Å². The summed E-state index contributed by atoms with van der Waals surface area (Å²) in [7, 11) is 2.13. The maximum absolute atomic E-state index is 13.3. The molecule has 5 heteroatoms. The van der Waals surface area contributed by atoms with Crippen molar-refractivity contribution >= 4 is 17.3 Å². The number of hydrogen-bond donors (Lipinski definition) is 0. The number of hydrogen-bond acceptors (Lipinski definition) is 3. The van der Waals surface area contributed by atoms with Gasteiger partial charge in [-0.15, -0.1) is 0 Å². The van der Waals surface area contributed by atoms with E-state index in [1.54, 1.807) is 18.3 Å². The minimum atomic E-state index is -0.407. The van der Waals surface area contributed by atoms with Gasteiger partial charge in [0.05, 0.1) is 10.7 Å². The highest BCUT2D eigenvalue weighted by Crippen LogP contribution is 2.26. The van der Waals surface area contributed by atoms with Crippen molar-refractivity contribution in [1.82, 2.24) is 9.88 Å². The van der Waals surface area contributed by atoms with E-state index in [4.69, 9.17) is 11.6 Å². The number of rotatable bonds is 2. The van der Waals surface area contributed by atoms with Gasteiger partial charge in [0.2, 0.25) is 0 Å². The molecule has 0 saturated carbocycles. The first kappa shape index (κ1) is 14.3. The van der Waals surface area contributed by atoms with Crippen molar-refractivity contribution in [2.45, 2.75) is 0 Å². The first-order valence-electron chi connectivity index (χ1n) is 6.98. The van der Waals surface area contributed by atoms with Crippen molar-refractivity contribution in [3.63, 3.8) is 0 Å². The molecule has 1 aromatic carbocycles. The molecule has 0 unspecified atom stereocenters. The molecule has 3 rings (SSSR count). The summed E-state index contributed by atoms with van der Waals surface area (Å²) in [4.78, 5) is 9.03. The fraction of sp³-hybridized carbons (Fsp3) is 0.312. The average Bonchev–Trinajstić information content (AvgIpc) is 2.51. The molecule has 1 aliphatic heterocycles. The maximum atomic E-state index is 13.3. The third kappa shape index (κ3) is 3.17. The van der Waals surface area contributed by atoms with Gasteiger partial charge >= 0.3 is 0 Å². The quantitative estimate of drug-likeness (QED) is 0.849. The zero-order chi connectivity index (χ0) is 14.8. The third-order valence-corrected chi connectivity index (χ3v) is 4.12. The predicted molar refractivity (Wildman–Crippen MR) is 84.4 cm³/mol. The van der Waals surface area contributed by atoms with E-state index < -0.39 is 5.82 Å². The Balaban J connectivity index is 1.87. The second-order valence-corrected chi connectivity index (χ2v) is 5.73. The van der Waals surface area contributed by atoms with Crippen LogP contribution in [0.3, 0.4) is 0 Å². The molecule has 1 fully saturated rings. The Morgan fingerprint density at radius 2 is 1.86 bits per heavy atom. The molecule has 3 nitrogen and oxygen atoms in total. The lowest BCUT2D eigenvalue weighted by molar-refractivity contribution is 0.313. The molecule has 21 heavy (non-hydrogen) atoms. The van der Waals surface area contributed by atoms with Gasteiger partial charge in [-0.05, 0) is 37.4 Å². The van der Waals surface area contributed by atoms with Crippen LogP contribution in [0.5, 0.6) is 0 Å². The number of nitrogens with zero attached hydrogens (tertiary/aromatic N) is 3. The number of piperazine rings is 1. The smallest absolute Gasteiger partial charge is 0.141 e. The monoisotopic (exact) mass is 305 g/mol. The van der Waals surface area contributed by atoms with Crippen LogP contribution in [-0.2, 0) is 0 Å². The van der Waals surface area contributed by atoms with Crippen molar-refractivity contribution in [3.05, 3.63) is 47.4 Å². The summed E-state index contributed by atoms with van der Waals surface area (Å²) in [6.45, 7) is 4.12. The molecule has 0 spiro atoms. The van der Waals surface area contributed by atoms with Gasteiger partial charge in [-0.1, -0.05) is 11.6 Å². The summed E-state index contributed by atoms with van der Waals surface area (Å²) in [6, 6.07) is 8.75. The Morgan fingerprint density at radius 3 is 2.57 bits per heavy atom. The SMILES string of the molecule is CN1CCN(c2ccnc(-c3ccc(F)c(Cl)c3)c2)CC1. The molecule has 0 atom stereocenters. The maximum Gasteiger partial charge on any atom is 0.141 e. The Labute approximate surface area is 129 Å². The molecule has 0 N–H and O–H groups in total. The predicted octanol–water partition coefficient (Wildman–Crippen LogP) is 3.29. The molecule has 110 valence electrons. The van der Waals surface area contributed by atoms with Crippen LogP contribution in [0.2, 0.25) is 5.02 Å². The lowest BCUT2D eigenvalue weighted by Gasteiger charge is -2.34. The molecule has 0 aliphatic carbocycles. The Bertz CT molecular complexity index is 639. The summed E-state index contributed by atoms with van der Waals surface area (Å²) in [5.41, 5.74) is 2.79. The largest absolute Gasteiger partial charge is 0.369 e. The average molecular weight is 306 g/mol. The minimum Gasteiger partial charge on any atom is -0.369 e. The molecule has 0 bridgehead atoms. The van der Waals surface area contributed by atoms with Gasteiger partial charge in [0, 0.05) is 43.6 Å². The van der Waals surface area contributed by atoms with Gasteiger partial charge in [-0.2, -0.15) is 0 Å². The van der Waals surface area contributed by atoms with E-state index in [-0.39, 0.29) is 5.02 Å². The van der Waals surface area contributed by atoms with E-state index in [2.05, 4.69) is 21.8 Å². The van der Waals surface area contributed by atoms with Crippen LogP contribution in [0.1, 0.15) is 0 Å². The molecule has 0 amide bonds. The highest BCUT2D eigenvalue weighted by molar-refractivity contribution is 6.31. The lowest BCUT2D eigenvalue weighted by Crippen LogP contribution is -2.44. The molecule has 2 aromatic rings. The van der Waals surface area contributed by atoms with Crippen LogP contribution < -0.4 is 4.90 Å². The number of likely N-dealkylation sites (N-methyl/N-ethyl adjacent to an activating group) is 1. The summed E-state index contributed by atoms with van der Waals surface area (Å²) in [5.74, 6) is -0.407. The van der Waals surface area contributed by atoms with Crippen molar-refractivity contribution in [2.75, 3.05) is 38.1 Å². The molecule has 1 aromatic heterocycles. The van der Waals surface area contributed by atoms with E-state index in [0.29, 0.717) is 0 Å². The number of anilines is 1. The Hall–Kier alpha value is -1.65. The highest BCUT2D eigenvalue weighted by Gasteiger charge is 2.15. The van der Waals surface area contributed by atoms with E-state index in [1.807, 2.05) is 12.1 Å². The summed E-state index contributed by atoms with van der Waals surface area (Å²) in [5, 5.41) is 0.124. The lowest BCUT2D eigenvalue weighted by atomic mass is 10.1. The van der Waals surface area contributed by atoms with Crippen molar-refractivity contribution in [2.24, 2.45) is 0 Å². The summed E-state index contributed by atoms with van der Waals surface area (Å²) >= 11 is 5.85. The first-order chi connectivity index (χ1) is 10.1. The summed E-state index contributed by atoms with van der Waals surface area (Å²) < 4.78 is 13.3. The molecule has 0 radical (unpaired) electrons.